The number of aliphatic hydroxyl groups excluding tert-OH is 1. The highest BCUT2D eigenvalue weighted by molar-refractivity contribution is 5.92. The van der Waals surface area contributed by atoms with Gasteiger partial charge in [-0.3, -0.25) is 14.7 Å². The first-order valence-corrected chi connectivity index (χ1v) is 8.39. The van der Waals surface area contributed by atoms with Crippen LogP contribution >= 0.6 is 0 Å². The molecule has 1 fully saturated rings. The van der Waals surface area contributed by atoms with Gasteiger partial charge in [-0.25, -0.2) is 0 Å². The summed E-state index contributed by atoms with van der Waals surface area (Å²) >= 11 is 0. The Morgan fingerprint density at radius 1 is 1.12 bits per heavy atom. The number of carbonyl (C=O) groups excluding carboxylic acids is 1. The molecule has 0 atom stereocenters. The fraction of sp³-hybridized carbons (Fsp3) is 0.368. The van der Waals surface area contributed by atoms with Gasteiger partial charge in [0, 0.05) is 32.4 Å². The number of pyridine rings is 1. The smallest absolute Gasteiger partial charge is 0.270 e. The van der Waals surface area contributed by atoms with Crippen molar-refractivity contribution >= 4 is 5.91 Å². The molecule has 0 bridgehead atoms. The molecule has 1 amide bonds. The maximum absolute atomic E-state index is 12.1. The van der Waals surface area contributed by atoms with Crippen molar-refractivity contribution in [2.24, 2.45) is 0 Å². The Kier molecular flexibility index (Phi) is 5.56. The number of likely N-dealkylation sites (tertiary alicyclic amines) is 1. The van der Waals surface area contributed by atoms with E-state index in [0.29, 0.717) is 12.2 Å². The second-order valence-electron chi connectivity index (χ2n) is 6.17. The molecule has 1 aromatic carbocycles. The van der Waals surface area contributed by atoms with Crippen LogP contribution in [-0.4, -0.2) is 40.1 Å². The Hall–Kier alpha value is -2.24. The summed E-state index contributed by atoms with van der Waals surface area (Å²) in [7, 11) is 0. The van der Waals surface area contributed by atoms with E-state index in [-0.39, 0.29) is 12.0 Å². The number of hydrogen-bond donors (Lipinski definition) is 2. The van der Waals surface area contributed by atoms with Gasteiger partial charge < -0.3 is 10.4 Å². The molecule has 1 aromatic heterocycles. The van der Waals surface area contributed by atoms with Crippen LogP contribution in [0.5, 0.6) is 0 Å². The number of amides is 1. The highest BCUT2D eigenvalue weighted by Gasteiger charge is 2.18. The number of hydrogen-bond acceptors (Lipinski definition) is 4. The van der Waals surface area contributed by atoms with Crippen LogP contribution in [0, 0.1) is 0 Å². The molecule has 1 aliphatic heterocycles. The topological polar surface area (TPSA) is 65.5 Å². The van der Waals surface area contributed by atoms with E-state index in [0.717, 1.165) is 38.0 Å². The van der Waals surface area contributed by atoms with Gasteiger partial charge in [-0.05, 0) is 36.1 Å². The maximum Gasteiger partial charge on any atom is 0.270 e. The normalized spacial score (nSPS) is 16.0. The van der Waals surface area contributed by atoms with Crippen LogP contribution in [0.2, 0.25) is 0 Å². The largest absolute Gasteiger partial charge is 0.393 e. The maximum atomic E-state index is 12.1. The molecular weight excluding hydrogens is 302 g/mol. The zero-order valence-electron chi connectivity index (χ0n) is 13.7. The monoisotopic (exact) mass is 325 g/mol. The molecule has 0 aliphatic carbocycles. The summed E-state index contributed by atoms with van der Waals surface area (Å²) in [5.74, 6) is -0.161. The summed E-state index contributed by atoms with van der Waals surface area (Å²) in [5, 5.41) is 12.6. The lowest BCUT2D eigenvalue weighted by Crippen LogP contribution is -2.35. The summed E-state index contributed by atoms with van der Waals surface area (Å²) in [6, 6.07) is 13.5. The number of aliphatic hydroxyl groups is 1. The molecule has 1 saturated heterocycles. The Bertz CT molecular complexity index is 667. The molecular formula is C19H23N3O2. The molecule has 0 saturated carbocycles. The van der Waals surface area contributed by atoms with Crippen LogP contribution in [0.25, 0.3) is 0 Å². The van der Waals surface area contributed by atoms with Crippen molar-refractivity contribution < 1.29 is 9.90 Å². The highest BCUT2D eigenvalue weighted by atomic mass is 16.3. The number of rotatable bonds is 5. The Balaban J connectivity index is 1.61. The third kappa shape index (κ3) is 4.40. The van der Waals surface area contributed by atoms with Gasteiger partial charge in [-0.15, -0.1) is 0 Å². The van der Waals surface area contributed by atoms with E-state index in [9.17, 15) is 9.90 Å². The molecule has 2 N–H and O–H groups in total. The third-order valence-electron chi connectivity index (χ3n) is 4.41. The second kappa shape index (κ2) is 8.04. The van der Waals surface area contributed by atoms with E-state index in [1.165, 1.54) is 5.56 Å². The van der Waals surface area contributed by atoms with Crippen molar-refractivity contribution in [2.45, 2.75) is 32.0 Å². The molecule has 2 heterocycles. The van der Waals surface area contributed by atoms with Crippen molar-refractivity contribution in [2.75, 3.05) is 13.1 Å². The summed E-state index contributed by atoms with van der Waals surface area (Å²) in [4.78, 5) is 18.6. The first-order valence-electron chi connectivity index (χ1n) is 8.39. The zero-order valence-corrected chi connectivity index (χ0v) is 13.7. The van der Waals surface area contributed by atoms with Gasteiger partial charge in [0.2, 0.25) is 0 Å². The fourth-order valence-electron chi connectivity index (χ4n) is 2.97. The second-order valence-corrected chi connectivity index (χ2v) is 6.17. The number of piperidine rings is 1. The Morgan fingerprint density at radius 3 is 2.54 bits per heavy atom. The van der Waals surface area contributed by atoms with E-state index in [4.69, 9.17) is 0 Å². The minimum atomic E-state index is -0.161. The predicted octanol–water partition coefficient (Wildman–Crippen LogP) is 1.97. The van der Waals surface area contributed by atoms with E-state index in [2.05, 4.69) is 21.3 Å². The molecule has 126 valence electrons. The van der Waals surface area contributed by atoms with Crippen LogP contribution in [-0.2, 0) is 13.1 Å². The van der Waals surface area contributed by atoms with Crippen molar-refractivity contribution in [3.05, 3.63) is 65.5 Å². The van der Waals surface area contributed by atoms with Gasteiger partial charge in [-0.1, -0.05) is 30.3 Å². The lowest BCUT2D eigenvalue weighted by molar-refractivity contribution is 0.0790. The quantitative estimate of drug-likeness (QED) is 0.882. The van der Waals surface area contributed by atoms with Crippen LogP contribution in [0.1, 0.15) is 34.5 Å². The van der Waals surface area contributed by atoms with Crippen LogP contribution in [0.15, 0.2) is 48.7 Å². The average molecular weight is 325 g/mol. The van der Waals surface area contributed by atoms with Gasteiger partial charge in [0.25, 0.3) is 5.91 Å². The molecule has 2 aromatic rings. The summed E-state index contributed by atoms with van der Waals surface area (Å²) in [6.45, 7) is 3.16. The van der Waals surface area contributed by atoms with Gasteiger partial charge in [0.1, 0.15) is 5.69 Å². The molecule has 0 radical (unpaired) electrons. The van der Waals surface area contributed by atoms with Crippen molar-refractivity contribution in [3.63, 3.8) is 0 Å². The molecule has 24 heavy (non-hydrogen) atoms. The third-order valence-corrected chi connectivity index (χ3v) is 4.41. The zero-order chi connectivity index (χ0) is 16.8. The molecule has 1 aliphatic rings. The molecule has 0 spiro atoms. The van der Waals surface area contributed by atoms with Crippen molar-refractivity contribution in [3.8, 4) is 0 Å². The SMILES string of the molecule is O=C(NCc1ccccc1CN1CCC(O)CC1)c1ccccn1. The van der Waals surface area contributed by atoms with E-state index in [1.54, 1.807) is 24.4 Å². The summed E-state index contributed by atoms with van der Waals surface area (Å²) in [6.07, 6.45) is 3.12. The number of aromatic nitrogens is 1. The van der Waals surface area contributed by atoms with Gasteiger partial charge >= 0.3 is 0 Å². The number of carbonyl (C=O) groups is 1. The lowest BCUT2D eigenvalue weighted by atomic mass is 10.0. The van der Waals surface area contributed by atoms with Crippen LogP contribution in [0.3, 0.4) is 0 Å². The molecule has 5 heteroatoms. The van der Waals surface area contributed by atoms with E-state index < -0.39 is 0 Å². The first kappa shape index (κ1) is 16.6. The van der Waals surface area contributed by atoms with Gasteiger partial charge in [-0.2, -0.15) is 0 Å². The first-order chi connectivity index (χ1) is 11.7. The fourth-order valence-corrected chi connectivity index (χ4v) is 2.97. The molecule has 0 unspecified atom stereocenters. The van der Waals surface area contributed by atoms with Gasteiger partial charge in [0.15, 0.2) is 0 Å². The lowest BCUT2D eigenvalue weighted by Gasteiger charge is -2.30. The van der Waals surface area contributed by atoms with Crippen LogP contribution < -0.4 is 5.32 Å². The number of nitrogens with one attached hydrogen (secondary N) is 1. The summed E-state index contributed by atoms with van der Waals surface area (Å²) < 4.78 is 0. The predicted molar refractivity (Wildman–Crippen MR) is 92.4 cm³/mol. The van der Waals surface area contributed by atoms with Crippen LogP contribution in [0.4, 0.5) is 0 Å². The van der Waals surface area contributed by atoms with Gasteiger partial charge in [0.05, 0.1) is 6.10 Å². The summed E-state index contributed by atoms with van der Waals surface area (Å²) in [5.41, 5.74) is 2.77. The Labute approximate surface area is 142 Å². The van der Waals surface area contributed by atoms with Crippen molar-refractivity contribution in [1.82, 2.24) is 15.2 Å². The van der Waals surface area contributed by atoms with Crippen molar-refractivity contribution in [1.29, 1.82) is 0 Å². The number of nitrogens with zero attached hydrogens (tertiary/aromatic N) is 2. The Morgan fingerprint density at radius 2 is 1.83 bits per heavy atom. The minimum absolute atomic E-state index is 0.158. The molecule has 5 nitrogen and oxygen atoms in total. The molecule has 3 rings (SSSR count). The average Bonchev–Trinajstić information content (AvgIpc) is 2.63. The standard InChI is InChI=1S/C19H23N3O2/c23-17-8-11-22(12-9-17)14-16-6-2-1-5-15(16)13-21-19(24)18-7-3-4-10-20-18/h1-7,10,17,23H,8-9,11-14H2,(H,21,24). The van der Waals surface area contributed by atoms with E-state index >= 15 is 0 Å². The minimum Gasteiger partial charge on any atom is -0.393 e. The van der Waals surface area contributed by atoms with E-state index in [1.807, 2.05) is 18.2 Å². The number of benzene rings is 1. The highest BCUT2D eigenvalue weighted by Crippen LogP contribution is 2.16.